The largest absolute Gasteiger partial charge is 0.323 e. The number of nitrogens with zero attached hydrogens (tertiary/aromatic N) is 3. The minimum Gasteiger partial charge on any atom is -0.323 e. The van der Waals surface area contributed by atoms with Crippen LogP contribution in [0.5, 0.6) is 0 Å². The predicted molar refractivity (Wildman–Crippen MR) is 99.7 cm³/mol. The number of sulfonamides is 1. The van der Waals surface area contributed by atoms with Crippen LogP contribution in [-0.4, -0.2) is 35.6 Å². The number of nitrogens with one attached hydrogen (secondary N) is 3. The molecular weight excluding hydrogens is 360 g/mol. The van der Waals surface area contributed by atoms with E-state index in [2.05, 4.69) is 30.2 Å². The van der Waals surface area contributed by atoms with Gasteiger partial charge in [-0.3, -0.25) is 5.10 Å². The topological polar surface area (TPSA) is 113 Å². The zero-order chi connectivity index (χ0) is 17.4. The quantitative estimate of drug-likeness (QED) is 0.606. The van der Waals surface area contributed by atoms with E-state index in [0.717, 1.165) is 17.0 Å². The van der Waals surface area contributed by atoms with Gasteiger partial charge in [0, 0.05) is 26.7 Å². The summed E-state index contributed by atoms with van der Waals surface area (Å²) in [6.45, 7) is 0. The highest BCUT2D eigenvalue weighted by Gasteiger charge is 2.25. The molecule has 0 unspecified atom stereocenters. The van der Waals surface area contributed by atoms with Crippen molar-refractivity contribution in [1.82, 2.24) is 24.9 Å². The molecule has 4 rings (SSSR count). The predicted octanol–water partition coefficient (Wildman–Crippen LogP) is 2.95. The van der Waals surface area contributed by atoms with Crippen LogP contribution in [-0.2, 0) is 10.0 Å². The molecule has 1 aliphatic rings. The Labute approximate surface area is 151 Å². The first-order valence-electron chi connectivity index (χ1n) is 7.74. The van der Waals surface area contributed by atoms with E-state index in [0.29, 0.717) is 28.3 Å². The van der Waals surface area contributed by atoms with Crippen molar-refractivity contribution >= 4 is 33.0 Å². The molecule has 3 N–H and O–H groups in total. The smallest absolute Gasteiger partial charge is 0.249 e. The molecule has 3 aromatic heterocycles. The molecule has 1 aliphatic carbocycles. The Morgan fingerprint density at radius 1 is 1.28 bits per heavy atom. The van der Waals surface area contributed by atoms with Crippen molar-refractivity contribution < 1.29 is 11.3 Å². The molecule has 0 aromatic carbocycles. The summed E-state index contributed by atoms with van der Waals surface area (Å²) in [5.41, 5.74) is 1.14. The van der Waals surface area contributed by atoms with Crippen molar-refractivity contribution in [3.05, 3.63) is 36.2 Å². The monoisotopic (exact) mass is 380 g/mol. The number of thiophene rings is 1. The van der Waals surface area contributed by atoms with Gasteiger partial charge in [0.2, 0.25) is 10.0 Å². The van der Waals surface area contributed by atoms with Gasteiger partial charge in [-0.25, -0.2) is 23.1 Å². The van der Waals surface area contributed by atoms with Crippen LogP contribution in [0.1, 0.15) is 27.3 Å². The second-order valence-electron chi connectivity index (χ2n) is 5.70. The Hall–Kier alpha value is -2.30. The third-order valence-corrected chi connectivity index (χ3v) is 6.85. The van der Waals surface area contributed by atoms with E-state index in [9.17, 15) is 8.42 Å². The van der Waals surface area contributed by atoms with Crippen molar-refractivity contribution in [2.45, 2.75) is 23.0 Å². The summed E-state index contributed by atoms with van der Waals surface area (Å²) in [6, 6.07) is 6.98. The molecule has 0 atom stereocenters. The van der Waals surface area contributed by atoms with Gasteiger partial charge >= 0.3 is 0 Å². The lowest BCUT2D eigenvalue weighted by Crippen LogP contribution is -2.17. The summed E-state index contributed by atoms with van der Waals surface area (Å²) in [4.78, 5) is 9.36. The number of hydrogen-bond donors (Lipinski definition) is 3. The molecule has 1 saturated carbocycles. The minimum absolute atomic E-state index is 0. The van der Waals surface area contributed by atoms with Crippen molar-refractivity contribution in [2.24, 2.45) is 0 Å². The number of anilines is 2. The van der Waals surface area contributed by atoms with Crippen LogP contribution in [0.15, 0.2) is 34.7 Å². The molecule has 3 heterocycles. The number of hydrogen-bond acceptors (Lipinski definition) is 7. The third-order valence-electron chi connectivity index (χ3n) is 3.86. The summed E-state index contributed by atoms with van der Waals surface area (Å²) in [6.07, 6.45) is 4.04. The fraction of sp³-hybridized carbons (Fsp3) is 0.267. The Balaban J connectivity index is 0.00000131. The summed E-state index contributed by atoms with van der Waals surface area (Å²) >= 11 is 1.12. The molecule has 10 heteroatoms. The van der Waals surface area contributed by atoms with E-state index in [1.54, 1.807) is 24.4 Å². The van der Waals surface area contributed by atoms with E-state index in [4.69, 9.17) is 0 Å². The van der Waals surface area contributed by atoms with Crippen LogP contribution in [0.2, 0.25) is 0 Å². The molecule has 0 saturated heterocycles. The van der Waals surface area contributed by atoms with Gasteiger partial charge in [0.15, 0.2) is 11.6 Å². The third kappa shape index (κ3) is 3.41. The fourth-order valence-electron chi connectivity index (χ4n) is 2.37. The van der Waals surface area contributed by atoms with Crippen molar-refractivity contribution in [2.75, 3.05) is 12.4 Å². The molecule has 0 aliphatic heterocycles. The van der Waals surface area contributed by atoms with Gasteiger partial charge in [-0.15, -0.1) is 11.3 Å². The van der Waals surface area contributed by atoms with E-state index >= 15 is 0 Å². The van der Waals surface area contributed by atoms with E-state index in [1.165, 1.54) is 19.9 Å². The number of aromatic amines is 1. The van der Waals surface area contributed by atoms with Gasteiger partial charge in [0.1, 0.15) is 10.0 Å². The van der Waals surface area contributed by atoms with Gasteiger partial charge in [0.25, 0.3) is 0 Å². The fourth-order valence-corrected chi connectivity index (χ4v) is 4.45. The molecule has 0 spiro atoms. The molecule has 0 radical (unpaired) electrons. The average Bonchev–Trinajstić information content (AvgIpc) is 3.15. The first kappa shape index (κ1) is 16.2. The van der Waals surface area contributed by atoms with Gasteiger partial charge in [-0.2, -0.15) is 5.10 Å². The maximum atomic E-state index is 11.9. The van der Waals surface area contributed by atoms with Gasteiger partial charge < -0.3 is 5.32 Å². The molecule has 1 fully saturated rings. The molecule has 134 valence electrons. The zero-order valence-corrected chi connectivity index (χ0v) is 15.0. The van der Waals surface area contributed by atoms with Crippen LogP contribution in [0.25, 0.3) is 10.7 Å². The van der Waals surface area contributed by atoms with Crippen LogP contribution in [0.4, 0.5) is 11.6 Å². The molecule has 8 nitrogen and oxygen atoms in total. The lowest BCUT2D eigenvalue weighted by Gasteiger charge is -2.03. The first-order valence-corrected chi connectivity index (χ1v) is 10.0. The highest BCUT2D eigenvalue weighted by atomic mass is 32.2. The number of H-pyrrole nitrogens is 1. The Morgan fingerprint density at radius 3 is 2.88 bits per heavy atom. The maximum Gasteiger partial charge on any atom is 0.249 e. The second kappa shape index (κ2) is 6.21. The molecule has 3 aromatic rings. The average molecular weight is 380 g/mol. The molecular formula is C15H20N6O2S2. The van der Waals surface area contributed by atoms with E-state index in [-0.39, 0.29) is 7.06 Å². The molecule has 25 heavy (non-hydrogen) atoms. The summed E-state index contributed by atoms with van der Waals surface area (Å²) in [7, 11) is -2.08. The molecule has 0 amide bonds. The Bertz CT molecular complexity index is 1020. The highest BCUT2D eigenvalue weighted by Crippen LogP contribution is 2.39. The van der Waals surface area contributed by atoms with Crippen LogP contribution in [0.3, 0.4) is 0 Å². The SMILES string of the molecule is CNS(=O)(=O)c1ccc(-c2nccc(Nc3cc(C4CC4)[nH]n3)n2)s1.[HH].[HH]. The van der Waals surface area contributed by atoms with Crippen LogP contribution < -0.4 is 10.0 Å². The summed E-state index contributed by atoms with van der Waals surface area (Å²) < 4.78 is 26.2. The van der Waals surface area contributed by atoms with Crippen molar-refractivity contribution in [1.29, 1.82) is 0 Å². The Morgan fingerprint density at radius 2 is 2.12 bits per heavy atom. The minimum atomic E-state index is -3.46. The summed E-state index contributed by atoms with van der Waals surface area (Å²) in [5, 5.41) is 10.4. The zero-order valence-electron chi connectivity index (χ0n) is 13.4. The van der Waals surface area contributed by atoms with Gasteiger partial charge in [-0.05, 0) is 38.1 Å². The van der Waals surface area contributed by atoms with Gasteiger partial charge in [-0.1, -0.05) is 0 Å². The second-order valence-corrected chi connectivity index (χ2v) is 8.90. The number of aromatic nitrogens is 4. The highest BCUT2D eigenvalue weighted by molar-refractivity contribution is 7.91. The maximum absolute atomic E-state index is 11.9. The van der Waals surface area contributed by atoms with Crippen molar-refractivity contribution in [3.63, 3.8) is 0 Å². The first-order chi connectivity index (χ1) is 12.0. The summed E-state index contributed by atoms with van der Waals surface area (Å²) in [5.74, 6) is 2.37. The van der Waals surface area contributed by atoms with Crippen LogP contribution in [0, 0.1) is 0 Å². The van der Waals surface area contributed by atoms with E-state index < -0.39 is 10.0 Å². The lowest BCUT2D eigenvalue weighted by atomic mass is 10.3. The normalized spacial score (nSPS) is 14.6. The number of rotatable bonds is 6. The van der Waals surface area contributed by atoms with Gasteiger partial charge in [0.05, 0.1) is 4.88 Å². The Kier molecular flexibility index (Phi) is 4.02. The standard InChI is InChI=1S/C15H16N6O2S2.2H2/c1-16-25(22,23)14-5-4-11(24-14)15-17-7-6-12(19-15)18-13-8-10(20-21-13)9-2-3-9;;/h4-9,16H,2-3H2,1H3,(H2,17,18,19,20,21);2*1H. The van der Waals surface area contributed by atoms with Crippen LogP contribution >= 0.6 is 11.3 Å². The molecule has 0 bridgehead atoms. The van der Waals surface area contributed by atoms with E-state index in [1.807, 2.05) is 6.07 Å². The van der Waals surface area contributed by atoms with Crippen molar-refractivity contribution in [3.8, 4) is 10.7 Å². The lowest BCUT2D eigenvalue weighted by molar-refractivity contribution is 0.590.